The fourth-order valence-electron chi connectivity index (χ4n) is 1.66. The second-order valence-electron chi connectivity index (χ2n) is 4.63. The van der Waals surface area contributed by atoms with Crippen LogP contribution in [0.5, 0.6) is 0 Å². The fourth-order valence-corrected chi connectivity index (χ4v) is 1.85. The topological polar surface area (TPSA) is 85.8 Å². The van der Waals surface area contributed by atoms with Gasteiger partial charge in [-0.15, -0.1) is 5.10 Å². The van der Waals surface area contributed by atoms with E-state index in [9.17, 15) is 4.79 Å². The number of carbonyl (C=O) groups is 1. The van der Waals surface area contributed by atoms with Crippen LogP contribution in [0.4, 0.5) is 5.88 Å². The van der Waals surface area contributed by atoms with Gasteiger partial charge in [0.05, 0.1) is 5.69 Å². The average molecular weight is 298 g/mol. The van der Waals surface area contributed by atoms with E-state index in [1.807, 2.05) is 20.8 Å². The number of hydrogen-bond donors (Lipinski definition) is 1. The lowest BCUT2D eigenvalue weighted by Gasteiger charge is -2.03. The first-order valence-corrected chi connectivity index (χ1v) is 6.73. The molecule has 1 N–H and O–H groups in total. The minimum Gasteiger partial charge on any atom is -0.338 e. The molecule has 1 amide bonds. The Balaban J connectivity index is 2.01. The van der Waals surface area contributed by atoms with Crippen LogP contribution >= 0.6 is 11.6 Å². The molecule has 7 nitrogen and oxygen atoms in total. The van der Waals surface area contributed by atoms with Gasteiger partial charge in [-0.1, -0.05) is 25.9 Å². The molecule has 0 fully saturated rings. The van der Waals surface area contributed by atoms with E-state index in [-0.39, 0.29) is 23.7 Å². The van der Waals surface area contributed by atoms with Crippen LogP contribution in [0.2, 0.25) is 5.28 Å². The maximum atomic E-state index is 11.9. The van der Waals surface area contributed by atoms with Gasteiger partial charge in [0.1, 0.15) is 12.4 Å². The molecule has 0 aliphatic rings. The van der Waals surface area contributed by atoms with Crippen molar-refractivity contribution in [3.63, 3.8) is 0 Å². The molecule has 108 valence electrons. The number of aromatic nitrogens is 4. The first kappa shape index (κ1) is 14.5. The Kier molecular flexibility index (Phi) is 4.39. The van der Waals surface area contributed by atoms with E-state index in [0.29, 0.717) is 18.1 Å². The lowest BCUT2D eigenvalue weighted by atomic mass is 10.1. The van der Waals surface area contributed by atoms with Crippen molar-refractivity contribution in [1.29, 1.82) is 0 Å². The van der Waals surface area contributed by atoms with E-state index in [0.717, 1.165) is 5.69 Å². The molecule has 0 aromatic carbocycles. The van der Waals surface area contributed by atoms with Crippen LogP contribution in [0.25, 0.3) is 0 Å². The van der Waals surface area contributed by atoms with Gasteiger partial charge < -0.3 is 4.52 Å². The highest BCUT2D eigenvalue weighted by molar-refractivity contribution is 6.28. The smallest absolute Gasteiger partial charge is 0.248 e. The number of rotatable bonds is 5. The number of aryl methyl sites for hydroxylation is 1. The van der Waals surface area contributed by atoms with Crippen molar-refractivity contribution < 1.29 is 9.32 Å². The Morgan fingerprint density at radius 3 is 2.90 bits per heavy atom. The maximum absolute atomic E-state index is 11.9. The zero-order valence-corrected chi connectivity index (χ0v) is 12.3. The van der Waals surface area contributed by atoms with Crippen LogP contribution in [0.1, 0.15) is 38.2 Å². The molecule has 2 rings (SSSR count). The van der Waals surface area contributed by atoms with Gasteiger partial charge in [0.2, 0.25) is 17.1 Å². The van der Waals surface area contributed by atoms with Gasteiger partial charge in [-0.3, -0.25) is 10.1 Å². The predicted octanol–water partition coefficient (Wildman–Crippen LogP) is 2.24. The first-order chi connectivity index (χ1) is 9.49. The second kappa shape index (κ2) is 6.04. The molecule has 0 saturated carbocycles. The van der Waals surface area contributed by atoms with E-state index in [1.165, 1.54) is 4.68 Å². The Morgan fingerprint density at radius 2 is 2.30 bits per heavy atom. The summed E-state index contributed by atoms with van der Waals surface area (Å²) in [5.74, 6) is 0.950. The number of anilines is 1. The first-order valence-electron chi connectivity index (χ1n) is 6.35. The molecule has 2 aromatic rings. The van der Waals surface area contributed by atoms with Gasteiger partial charge in [0, 0.05) is 12.5 Å². The number of halogens is 1. The fraction of sp³-hybridized carbons (Fsp3) is 0.500. The van der Waals surface area contributed by atoms with Crippen molar-refractivity contribution >= 4 is 23.4 Å². The van der Waals surface area contributed by atoms with Gasteiger partial charge in [-0.2, -0.15) is 0 Å². The number of hydrogen-bond acceptors (Lipinski definition) is 5. The summed E-state index contributed by atoms with van der Waals surface area (Å²) in [6, 6.07) is 1.71. The van der Waals surface area contributed by atoms with Crippen molar-refractivity contribution in [1.82, 2.24) is 19.9 Å². The van der Waals surface area contributed by atoms with E-state index >= 15 is 0 Å². The van der Waals surface area contributed by atoms with E-state index in [1.54, 1.807) is 6.07 Å². The highest BCUT2D eigenvalue weighted by Gasteiger charge is 2.13. The second-order valence-corrected chi connectivity index (χ2v) is 4.97. The van der Waals surface area contributed by atoms with Crippen molar-refractivity contribution in [2.45, 2.75) is 39.7 Å². The van der Waals surface area contributed by atoms with E-state index in [4.69, 9.17) is 16.1 Å². The van der Waals surface area contributed by atoms with Crippen LogP contribution in [-0.2, 0) is 17.8 Å². The van der Waals surface area contributed by atoms with Gasteiger partial charge in [0.25, 0.3) is 0 Å². The highest BCUT2D eigenvalue weighted by atomic mass is 35.5. The molecule has 0 unspecified atom stereocenters. The Bertz CT molecular complexity index is 605. The summed E-state index contributed by atoms with van der Waals surface area (Å²) in [4.78, 5) is 15.9. The average Bonchev–Trinajstić information content (AvgIpc) is 2.96. The number of nitrogens with zero attached hydrogens (tertiary/aromatic N) is 4. The van der Waals surface area contributed by atoms with Gasteiger partial charge in [0.15, 0.2) is 0 Å². The third kappa shape index (κ3) is 3.36. The van der Waals surface area contributed by atoms with Crippen molar-refractivity contribution in [3.8, 4) is 0 Å². The van der Waals surface area contributed by atoms with Gasteiger partial charge >= 0.3 is 0 Å². The van der Waals surface area contributed by atoms with Gasteiger partial charge in [-0.25, -0.2) is 9.67 Å². The number of nitrogens with one attached hydrogen (secondary N) is 1. The van der Waals surface area contributed by atoms with Crippen molar-refractivity contribution in [2.75, 3.05) is 5.32 Å². The minimum atomic E-state index is -0.271. The van der Waals surface area contributed by atoms with Crippen molar-refractivity contribution in [2.24, 2.45) is 0 Å². The zero-order chi connectivity index (χ0) is 14.7. The molecule has 0 aliphatic carbocycles. The minimum absolute atomic E-state index is 0.0284. The predicted molar refractivity (Wildman–Crippen MR) is 73.6 cm³/mol. The lowest BCUT2D eigenvalue weighted by Crippen LogP contribution is -2.20. The summed E-state index contributed by atoms with van der Waals surface area (Å²) in [5, 5.41) is 10.6. The van der Waals surface area contributed by atoms with Crippen LogP contribution in [0, 0.1) is 0 Å². The molecule has 8 heteroatoms. The van der Waals surface area contributed by atoms with Crippen molar-refractivity contribution in [3.05, 3.63) is 22.9 Å². The Labute approximate surface area is 121 Å². The number of carbonyl (C=O) groups excluding carboxylic acids is 1. The third-order valence-electron chi connectivity index (χ3n) is 2.71. The molecular formula is C12H16ClN5O2. The highest BCUT2D eigenvalue weighted by Crippen LogP contribution is 2.17. The summed E-state index contributed by atoms with van der Waals surface area (Å²) in [7, 11) is 0. The number of amides is 1. The Hall–Kier alpha value is -1.89. The molecule has 20 heavy (non-hydrogen) atoms. The molecule has 0 bridgehead atoms. The van der Waals surface area contributed by atoms with Crippen LogP contribution in [0.3, 0.4) is 0 Å². The molecule has 0 aliphatic heterocycles. The molecule has 0 radical (unpaired) electrons. The lowest BCUT2D eigenvalue weighted by molar-refractivity contribution is -0.117. The molecule has 2 aromatic heterocycles. The molecule has 2 heterocycles. The molecule has 0 saturated heterocycles. The van der Waals surface area contributed by atoms with Crippen LogP contribution in [-0.4, -0.2) is 25.8 Å². The summed E-state index contributed by atoms with van der Waals surface area (Å²) < 4.78 is 6.51. The molecule has 0 spiro atoms. The normalized spacial score (nSPS) is 11.1. The van der Waals surface area contributed by atoms with Crippen LogP contribution in [0.15, 0.2) is 10.6 Å². The summed E-state index contributed by atoms with van der Waals surface area (Å²) in [6.07, 6.45) is 0.646. The molecular weight excluding hydrogens is 282 g/mol. The maximum Gasteiger partial charge on any atom is 0.248 e. The SMILES string of the molecule is CCc1nc(Cl)nn1CC(=O)Nc1cc(C(C)C)no1. The van der Waals surface area contributed by atoms with Gasteiger partial charge in [-0.05, 0) is 17.5 Å². The van der Waals surface area contributed by atoms with E-state index < -0.39 is 0 Å². The largest absolute Gasteiger partial charge is 0.338 e. The van der Waals surface area contributed by atoms with E-state index in [2.05, 4.69) is 20.6 Å². The summed E-state index contributed by atoms with van der Waals surface area (Å²) >= 11 is 5.72. The molecule has 0 atom stereocenters. The third-order valence-corrected chi connectivity index (χ3v) is 2.87. The monoisotopic (exact) mass is 297 g/mol. The summed E-state index contributed by atoms with van der Waals surface area (Å²) in [5.41, 5.74) is 0.790. The van der Waals surface area contributed by atoms with Crippen LogP contribution < -0.4 is 5.32 Å². The Morgan fingerprint density at radius 1 is 1.55 bits per heavy atom. The quantitative estimate of drug-likeness (QED) is 0.914. The zero-order valence-electron chi connectivity index (χ0n) is 11.6. The summed E-state index contributed by atoms with van der Waals surface area (Å²) in [6.45, 7) is 5.93. The standard InChI is InChI=1S/C12H16ClN5O2/c1-4-9-14-12(13)16-18(9)6-10(19)15-11-5-8(7(2)3)17-20-11/h5,7H,4,6H2,1-3H3,(H,15,19).